The van der Waals surface area contributed by atoms with Crippen LogP contribution in [0.3, 0.4) is 0 Å². The minimum Gasteiger partial charge on any atom is -0.462 e. The molecule has 0 bridgehead atoms. The number of thioether (sulfide) groups is 1. The number of aromatic nitrogens is 1. The average Bonchev–Trinajstić information content (AvgIpc) is 2.63. The van der Waals surface area contributed by atoms with Crippen LogP contribution < -0.4 is 0 Å². The summed E-state index contributed by atoms with van der Waals surface area (Å²) in [5.41, 5.74) is 0.840. The number of esters is 1. The fraction of sp³-hybridized carbons (Fsp3) is 0.105. The summed E-state index contributed by atoms with van der Waals surface area (Å²) in [6.45, 7) is 1.91. The second-order valence-electron chi connectivity index (χ2n) is 4.72. The molecule has 0 amide bonds. The van der Waals surface area contributed by atoms with E-state index in [2.05, 4.69) is 4.98 Å². The quantitative estimate of drug-likeness (QED) is 0.238. The maximum absolute atomic E-state index is 11.7. The van der Waals surface area contributed by atoms with Crippen molar-refractivity contribution in [1.29, 1.82) is 5.26 Å². The van der Waals surface area contributed by atoms with Crippen LogP contribution in [-0.4, -0.2) is 17.6 Å². The van der Waals surface area contributed by atoms with Crippen molar-refractivity contribution in [3.8, 4) is 6.07 Å². The van der Waals surface area contributed by atoms with E-state index in [1.807, 2.05) is 36.4 Å². The summed E-state index contributed by atoms with van der Waals surface area (Å²) in [6, 6.07) is 14.8. The number of pyridine rings is 1. The molecule has 2 rings (SSSR count). The molecule has 25 heavy (non-hydrogen) atoms. The van der Waals surface area contributed by atoms with E-state index in [-0.39, 0.29) is 12.2 Å². The highest BCUT2D eigenvalue weighted by atomic mass is 35.5. The van der Waals surface area contributed by atoms with Crippen LogP contribution >= 0.6 is 23.4 Å². The van der Waals surface area contributed by atoms with Crippen molar-refractivity contribution < 1.29 is 9.53 Å². The number of allylic oxidation sites excluding steroid dienone is 2. The molecule has 1 aromatic heterocycles. The van der Waals surface area contributed by atoms with E-state index >= 15 is 0 Å². The van der Waals surface area contributed by atoms with Crippen molar-refractivity contribution in [2.75, 3.05) is 6.61 Å². The molecule has 0 saturated carbocycles. The Balaban J connectivity index is 2.38. The molecule has 4 nitrogen and oxygen atoms in total. The van der Waals surface area contributed by atoms with Gasteiger partial charge < -0.3 is 4.74 Å². The second-order valence-corrected chi connectivity index (χ2v) is 6.22. The number of hydrogen-bond acceptors (Lipinski definition) is 5. The van der Waals surface area contributed by atoms with Gasteiger partial charge in [-0.1, -0.05) is 41.6 Å². The Morgan fingerprint density at radius 3 is 2.64 bits per heavy atom. The number of carbonyl (C=O) groups is 1. The maximum atomic E-state index is 11.7. The van der Waals surface area contributed by atoms with E-state index < -0.39 is 5.97 Å². The van der Waals surface area contributed by atoms with Crippen LogP contribution in [0.25, 0.3) is 4.91 Å². The van der Waals surface area contributed by atoms with Crippen molar-refractivity contribution in [2.24, 2.45) is 0 Å². The standard InChI is InChI=1S/C19H15ClN2O2S/c1-2-24-19(23)15(13-21)8-11-17(14-6-9-16(20)10-7-14)25-18-5-3-4-12-22-18/h3-12H,2H2,1H3. The van der Waals surface area contributed by atoms with Crippen LogP contribution in [0.4, 0.5) is 0 Å². The van der Waals surface area contributed by atoms with Gasteiger partial charge in [0.25, 0.3) is 0 Å². The van der Waals surface area contributed by atoms with Gasteiger partial charge in [0.05, 0.1) is 6.61 Å². The first kappa shape index (κ1) is 18.8. The van der Waals surface area contributed by atoms with E-state index in [1.165, 1.54) is 17.8 Å². The Labute approximate surface area is 155 Å². The summed E-state index contributed by atoms with van der Waals surface area (Å²) >= 11 is 7.37. The van der Waals surface area contributed by atoms with Gasteiger partial charge in [0, 0.05) is 16.1 Å². The Kier molecular flexibility index (Phi) is 7.27. The fourth-order valence-corrected chi connectivity index (χ4v) is 2.84. The van der Waals surface area contributed by atoms with E-state index in [4.69, 9.17) is 21.6 Å². The predicted octanol–water partition coefficient (Wildman–Crippen LogP) is 4.88. The highest BCUT2D eigenvalue weighted by molar-refractivity contribution is 8.08. The normalized spacial score (nSPS) is 11.7. The molecule has 1 aromatic carbocycles. The van der Waals surface area contributed by atoms with Crippen molar-refractivity contribution >= 4 is 34.2 Å². The lowest BCUT2D eigenvalue weighted by molar-refractivity contribution is -0.138. The Morgan fingerprint density at radius 1 is 1.28 bits per heavy atom. The Bertz CT molecular complexity index is 825. The zero-order valence-electron chi connectivity index (χ0n) is 13.5. The molecule has 0 aliphatic carbocycles. The Hall–Kier alpha value is -2.55. The third kappa shape index (κ3) is 5.79. The highest BCUT2D eigenvalue weighted by Crippen LogP contribution is 2.33. The third-order valence-corrected chi connectivity index (χ3v) is 4.29. The van der Waals surface area contributed by atoms with Gasteiger partial charge in [-0.3, -0.25) is 0 Å². The number of halogens is 1. The second kappa shape index (κ2) is 9.67. The fourth-order valence-electron chi connectivity index (χ4n) is 1.84. The molecule has 0 fully saturated rings. The summed E-state index contributed by atoms with van der Waals surface area (Å²) in [5.74, 6) is -0.639. The number of benzene rings is 1. The smallest absolute Gasteiger partial charge is 0.348 e. The minimum atomic E-state index is -0.639. The summed E-state index contributed by atoms with van der Waals surface area (Å²) < 4.78 is 4.87. The lowest BCUT2D eigenvalue weighted by Crippen LogP contribution is -2.05. The van der Waals surface area contributed by atoms with Crippen LogP contribution in [0, 0.1) is 11.3 Å². The molecular formula is C19H15ClN2O2S. The summed E-state index contributed by atoms with van der Waals surface area (Å²) in [6.07, 6.45) is 4.87. The molecule has 6 heteroatoms. The number of nitrogens with zero attached hydrogens (tertiary/aromatic N) is 2. The van der Waals surface area contributed by atoms with E-state index in [9.17, 15) is 4.79 Å². The summed E-state index contributed by atoms with van der Waals surface area (Å²) in [4.78, 5) is 16.9. The van der Waals surface area contributed by atoms with Crippen LogP contribution in [-0.2, 0) is 9.53 Å². The summed E-state index contributed by atoms with van der Waals surface area (Å²) in [5, 5.41) is 10.6. The lowest BCUT2D eigenvalue weighted by Gasteiger charge is -2.07. The van der Waals surface area contributed by atoms with Crippen LogP contribution in [0.15, 0.2) is 71.4 Å². The van der Waals surface area contributed by atoms with E-state index in [0.717, 1.165) is 15.5 Å². The Morgan fingerprint density at radius 2 is 2.04 bits per heavy atom. The molecule has 1 heterocycles. The minimum absolute atomic E-state index is 0.0602. The van der Waals surface area contributed by atoms with E-state index in [1.54, 1.807) is 31.3 Å². The molecule has 0 unspecified atom stereocenters. The van der Waals surface area contributed by atoms with Crippen LogP contribution in [0.1, 0.15) is 12.5 Å². The number of nitriles is 1. The molecule has 126 valence electrons. The zero-order valence-corrected chi connectivity index (χ0v) is 15.1. The first-order valence-corrected chi connectivity index (χ1v) is 8.67. The topological polar surface area (TPSA) is 63.0 Å². The summed E-state index contributed by atoms with van der Waals surface area (Å²) in [7, 11) is 0. The molecular weight excluding hydrogens is 356 g/mol. The van der Waals surface area contributed by atoms with Gasteiger partial charge in [-0.2, -0.15) is 5.26 Å². The van der Waals surface area contributed by atoms with Crippen LogP contribution in [0.2, 0.25) is 5.02 Å². The molecule has 0 aliphatic rings. The van der Waals surface area contributed by atoms with Gasteiger partial charge in [-0.05, 0) is 48.9 Å². The monoisotopic (exact) mass is 370 g/mol. The first-order valence-electron chi connectivity index (χ1n) is 7.48. The van der Waals surface area contributed by atoms with Crippen LogP contribution in [0.5, 0.6) is 0 Å². The van der Waals surface area contributed by atoms with Gasteiger partial charge in [0.2, 0.25) is 0 Å². The number of carbonyl (C=O) groups excluding carboxylic acids is 1. The van der Waals surface area contributed by atoms with Gasteiger partial charge in [-0.25, -0.2) is 9.78 Å². The van der Waals surface area contributed by atoms with Crippen molar-refractivity contribution in [1.82, 2.24) is 4.98 Å². The SMILES string of the molecule is CCOC(=O)C(C#N)=CC=C(Sc1ccccn1)c1ccc(Cl)cc1. The van der Waals surface area contributed by atoms with Gasteiger partial charge in [0.1, 0.15) is 16.7 Å². The first-order chi connectivity index (χ1) is 12.1. The zero-order chi connectivity index (χ0) is 18.1. The molecule has 2 aromatic rings. The molecule has 0 saturated heterocycles. The van der Waals surface area contributed by atoms with Gasteiger partial charge in [-0.15, -0.1) is 0 Å². The number of ether oxygens (including phenoxy) is 1. The molecule has 0 spiro atoms. The largest absolute Gasteiger partial charge is 0.462 e. The van der Waals surface area contributed by atoms with Gasteiger partial charge >= 0.3 is 5.97 Å². The van der Waals surface area contributed by atoms with Crippen molar-refractivity contribution in [3.63, 3.8) is 0 Å². The maximum Gasteiger partial charge on any atom is 0.348 e. The molecule has 0 atom stereocenters. The van der Waals surface area contributed by atoms with Crippen molar-refractivity contribution in [3.05, 3.63) is 77.0 Å². The lowest BCUT2D eigenvalue weighted by atomic mass is 10.2. The molecule has 0 aliphatic heterocycles. The third-order valence-electron chi connectivity index (χ3n) is 3.00. The van der Waals surface area contributed by atoms with Crippen molar-refractivity contribution in [2.45, 2.75) is 11.9 Å². The molecule has 0 N–H and O–H groups in total. The van der Waals surface area contributed by atoms with Gasteiger partial charge in [0.15, 0.2) is 0 Å². The predicted molar refractivity (Wildman–Crippen MR) is 99.9 cm³/mol. The molecule has 0 radical (unpaired) electrons. The highest BCUT2D eigenvalue weighted by Gasteiger charge is 2.10. The van der Waals surface area contributed by atoms with E-state index in [0.29, 0.717) is 5.02 Å². The number of rotatable bonds is 6. The average molecular weight is 371 g/mol. The number of hydrogen-bond donors (Lipinski definition) is 0.